The molecule has 0 aliphatic heterocycles. The van der Waals surface area contributed by atoms with E-state index in [-0.39, 0.29) is 5.56 Å². The average Bonchev–Trinajstić information content (AvgIpc) is 2.73. The summed E-state index contributed by atoms with van der Waals surface area (Å²) in [5, 5.41) is 2.67. The second kappa shape index (κ2) is 5.49. The third-order valence-corrected chi connectivity index (χ3v) is 3.64. The molecule has 1 atom stereocenters. The smallest absolute Gasteiger partial charge is 0.324 e. The Kier molecular flexibility index (Phi) is 4.10. The molecular formula is C13H12F4N2S. The van der Waals surface area contributed by atoms with E-state index in [2.05, 4.69) is 4.98 Å². The first-order chi connectivity index (χ1) is 9.27. The molecule has 0 radical (unpaired) electrons. The minimum Gasteiger partial charge on any atom is -0.324 e. The summed E-state index contributed by atoms with van der Waals surface area (Å²) in [5.41, 5.74) is 5.54. The highest BCUT2D eigenvalue weighted by atomic mass is 32.1. The first-order valence-corrected chi connectivity index (χ1v) is 6.68. The van der Waals surface area contributed by atoms with Crippen LogP contribution in [0.15, 0.2) is 23.6 Å². The maximum absolute atomic E-state index is 13.2. The minimum absolute atomic E-state index is 0.240. The molecule has 0 amide bonds. The summed E-state index contributed by atoms with van der Waals surface area (Å²) < 4.78 is 51.1. The van der Waals surface area contributed by atoms with Crippen LogP contribution in [0, 0.1) is 12.7 Å². The molecule has 1 aromatic carbocycles. The number of aromatic nitrogens is 1. The van der Waals surface area contributed by atoms with Gasteiger partial charge in [0, 0.05) is 17.8 Å². The monoisotopic (exact) mass is 304 g/mol. The van der Waals surface area contributed by atoms with Crippen LogP contribution >= 0.6 is 11.3 Å². The molecule has 1 unspecified atom stereocenters. The Hall–Kier alpha value is -1.47. The summed E-state index contributed by atoms with van der Waals surface area (Å²) >= 11 is 1.44. The van der Waals surface area contributed by atoms with Crippen molar-refractivity contribution in [1.29, 1.82) is 0 Å². The van der Waals surface area contributed by atoms with Gasteiger partial charge in [0.15, 0.2) is 0 Å². The van der Waals surface area contributed by atoms with Crippen molar-refractivity contribution in [2.45, 2.75) is 25.6 Å². The fourth-order valence-electron chi connectivity index (χ4n) is 1.84. The first kappa shape index (κ1) is 14.9. The van der Waals surface area contributed by atoms with Gasteiger partial charge >= 0.3 is 6.18 Å². The summed E-state index contributed by atoms with van der Waals surface area (Å²) in [5.74, 6) is -1.29. The molecule has 0 saturated heterocycles. The Labute approximate surface area is 117 Å². The van der Waals surface area contributed by atoms with Gasteiger partial charge in [-0.15, -0.1) is 11.3 Å². The van der Waals surface area contributed by atoms with E-state index in [0.29, 0.717) is 6.42 Å². The van der Waals surface area contributed by atoms with Crippen molar-refractivity contribution in [2.24, 2.45) is 5.73 Å². The third kappa shape index (κ3) is 3.34. The Morgan fingerprint density at radius 2 is 2.05 bits per heavy atom. The van der Waals surface area contributed by atoms with Gasteiger partial charge in [0.1, 0.15) is 5.82 Å². The molecule has 2 N–H and O–H groups in total. The topological polar surface area (TPSA) is 38.9 Å². The maximum atomic E-state index is 13.2. The number of nitrogens with zero attached hydrogens (tertiary/aromatic N) is 1. The van der Waals surface area contributed by atoms with Gasteiger partial charge in [-0.2, -0.15) is 13.2 Å². The van der Waals surface area contributed by atoms with Crippen LogP contribution in [0.1, 0.15) is 27.9 Å². The zero-order valence-electron chi connectivity index (χ0n) is 10.5. The second-order valence-electron chi connectivity index (χ2n) is 4.41. The van der Waals surface area contributed by atoms with Crippen molar-refractivity contribution >= 4 is 11.3 Å². The SMILES string of the molecule is Cc1nc(CC(N)c2ccc(F)c(C(F)(F)F)c2)cs1. The van der Waals surface area contributed by atoms with Crippen LogP contribution in [0.2, 0.25) is 0 Å². The number of alkyl halides is 3. The summed E-state index contributed by atoms with van der Waals surface area (Å²) in [6.45, 7) is 1.83. The number of rotatable bonds is 3. The summed E-state index contributed by atoms with van der Waals surface area (Å²) in [6, 6.07) is 2.18. The lowest BCUT2D eigenvalue weighted by molar-refractivity contribution is -0.140. The van der Waals surface area contributed by atoms with Crippen LogP contribution in [0.5, 0.6) is 0 Å². The van der Waals surface area contributed by atoms with Crippen LogP contribution < -0.4 is 5.73 Å². The number of thiazole rings is 1. The lowest BCUT2D eigenvalue weighted by Gasteiger charge is -2.14. The van der Waals surface area contributed by atoms with Crippen molar-refractivity contribution in [3.63, 3.8) is 0 Å². The lowest BCUT2D eigenvalue weighted by atomic mass is 10.0. The fraction of sp³-hybridized carbons (Fsp3) is 0.308. The highest BCUT2D eigenvalue weighted by molar-refractivity contribution is 7.09. The Morgan fingerprint density at radius 3 is 2.60 bits per heavy atom. The van der Waals surface area contributed by atoms with Crippen LogP contribution in [0.3, 0.4) is 0 Å². The third-order valence-electron chi connectivity index (χ3n) is 2.82. The molecule has 7 heteroatoms. The quantitative estimate of drug-likeness (QED) is 0.875. The Morgan fingerprint density at radius 1 is 1.35 bits per heavy atom. The molecule has 2 nitrogen and oxygen atoms in total. The minimum atomic E-state index is -4.73. The van der Waals surface area contributed by atoms with E-state index < -0.39 is 23.6 Å². The molecule has 0 bridgehead atoms. The van der Waals surface area contributed by atoms with Crippen molar-refractivity contribution in [2.75, 3.05) is 0 Å². The molecule has 1 heterocycles. The molecule has 2 aromatic rings. The van der Waals surface area contributed by atoms with Crippen LogP contribution in [-0.2, 0) is 12.6 Å². The zero-order valence-corrected chi connectivity index (χ0v) is 11.4. The standard InChI is InChI=1S/C13H12F4N2S/c1-7-19-9(6-20-7)5-12(18)8-2-3-11(14)10(4-8)13(15,16)17/h2-4,6,12H,5,18H2,1H3. The molecule has 0 saturated carbocycles. The van der Waals surface area contributed by atoms with Gasteiger partial charge in [0.05, 0.1) is 16.3 Å². The van der Waals surface area contributed by atoms with E-state index in [1.807, 2.05) is 12.3 Å². The molecule has 108 valence electrons. The van der Waals surface area contributed by atoms with E-state index in [9.17, 15) is 17.6 Å². The van der Waals surface area contributed by atoms with Gasteiger partial charge in [-0.1, -0.05) is 6.07 Å². The predicted molar refractivity (Wildman–Crippen MR) is 68.9 cm³/mol. The van der Waals surface area contributed by atoms with Crippen LogP contribution in [0.4, 0.5) is 17.6 Å². The molecule has 20 heavy (non-hydrogen) atoms. The van der Waals surface area contributed by atoms with Gasteiger partial charge in [-0.3, -0.25) is 0 Å². The number of benzene rings is 1. The van der Waals surface area contributed by atoms with Crippen molar-refractivity contribution in [3.8, 4) is 0 Å². The molecule has 0 aliphatic carbocycles. The normalized spacial score (nSPS) is 13.5. The maximum Gasteiger partial charge on any atom is 0.419 e. The lowest BCUT2D eigenvalue weighted by Crippen LogP contribution is -2.16. The molecule has 1 aromatic heterocycles. The van der Waals surface area contributed by atoms with Crippen molar-refractivity contribution in [1.82, 2.24) is 4.98 Å². The van der Waals surface area contributed by atoms with E-state index in [4.69, 9.17) is 5.73 Å². The molecule has 0 fully saturated rings. The summed E-state index contributed by atoms with van der Waals surface area (Å²) in [7, 11) is 0. The number of hydrogen-bond acceptors (Lipinski definition) is 3. The van der Waals surface area contributed by atoms with E-state index >= 15 is 0 Å². The molecule has 0 spiro atoms. The fourth-order valence-corrected chi connectivity index (χ4v) is 2.46. The summed E-state index contributed by atoms with van der Waals surface area (Å²) in [6.07, 6.45) is -4.41. The Balaban J connectivity index is 2.24. The van der Waals surface area contributed by atoms with Gasteiger partial charge in [-0.05, 0) is 24.6 Å². The number of aryl methyl sites for hydroxylation is 1. The Bertz CT molecular complexity index is 607. The van der Waals surface area contributed by atoms with Crippen molar-refractivity contribution < 1.29 is 17.6 Å². The molecule has 2 rings (SSSR count). The van der Waals surface area contributed by atoms with Crippen LogP contribution in [-0.4, -0.2) is 4.98 Å². The zero-order chi connectivity index (χ0) is 14.9. The average molecular weight is 304 g/mol. The summed E-state index contributed by atoms with van der Waals surface area (Å²) in [4.78, 5) is 4.21. The highest BCUT2D eigenvalue weighted by Gasteiger charge is 2.34. The van der Waals surface area contributed by atoms with Crippen LogP contribution in [0.25, 0.3) is 0 Å². The largest absolute Gasteiger partial charge is 0.419 e. The van der Waals surface area contributed by atoms with Crippen molar-refractivity contribution in [3.05, 3.63) is 51.2 Å². The first-order valence-electron chi connectivity index (χ1n) is 5.80. The number of hydrogen-bond donors (Lipinski definition) is 1. The predicted octanol–water partition coefficient (Wildman–Crippen LogP) is 3.85. The van der Waals surface area contributed by atoms with E-state index in [1.54, 1.807) is 0 Å². The number of halogens is 4. The van der Waals surface area contributed by atoms with Gasteiger partial charge in [0.2, 0.25) is 0 Å². The highest BCUT2D eigenvalue weighted by Crippen LogP contribution is 2.33. The van der Waals surface area contributed by atoms with E-state index in [0.717, 1.165) is 22.8 Å². The number of nitrogens with two attached hydrogens (primary N) is 1. The van der Waals surface area contributed by atoms with E-state index in [1.165, 1.54) is 17.4 Å². The second-order valence-corrected chi connectivity index (χ2v) is 5.47. The van der Waals surface area contributed by atoms with Gasteiger partial charge < -0.3 is 5.73 Å². The van der Waals surface area contributed by atoms with Gasteiger partial charge in [0.25, 0.3) is 0 Å². The molecular weight excluding hydrogens is 292 g/mol. The molecule has 0 aliphatic rings. The van der Waals surface area contributed by atoms with Gasteiger partial charge in [-0.25, -0.2) is 9.37 Å².